The highest BCUT2D eigenvalue weighted by atomic mass is 16.1. The number of benzene rings is 2. The van der Waals surface area contributed by atoms with Crippen LogP contribution in [-0.4, -0.2) is 17.5 Å². The zero-order valence-electron chi connectivity index (χ0n) is 15.2. The second-order valence-corrected chi connectivity index (χ2v) is 6.21. The minimum absolute atomic E-state index is 0.0412. The summed E-state index contributed by atoms with van der Waals surface area (Å²) >= 11 is 0. The van der Waals surface area contributed by atoms with E-state index in [4.69, 9.17) is 0 Å². The Morgan fingerprint density at radius 2 is 1.52 bits per heavy atom. The van der Waals surface area contributed by atoms with Crippen LogP contribution < -0.4 is 5.43 Å². The Morgan fingerprint density at radius 3 is 2.04 bits per heavy atom. The highest BCUT2D eigenvalue weighted by molar-refractivity contribution is 6.38. The summed E-state index contributed by atoms with van der Waals surface area (Å²) < 4.78 is 0. The fourth-order valence-electron chi connectivity index (χ4n) is 2.02. The molecule has 0 aliphatic rings. The molecule has 0 radical (unpaired) electrons. The molecule has 0 aliphatic carbocycles. The predicted molar refractivity (Wildman–Crippen MR) is 103 cm³/mol. The van der Waals surface area contributed by atoms with Gasteiger partial charge >= 0.3 is 0 Å². The lowest BCUT2D eigenvalue weighted by molar-refractivity contribution is -0.111. The number of ketones is 1. The molecule has 0 unspecified atom stereocenters. The predicted octanol–water partition coefficient (Wildman–Crippen LogP) is 5.15. The maximum atomic E-state index is 11.1. The van der Waals surface area contributed by atoms with Crippen molar-refractivity contribution in [3.63, 3.8) is 0 Å². The SMILES string of the molecule is CC(=O)/C(C)=N\Nc1ccc(Cc2ccc(N=NC(C)C)cc2)cc1. The number of hydrogen-bond donors (Lipinski definition) is 1. The number of Topliss-reactive ketones (excluding diaryl/α,β-unsaturated/α-hetero) is 1. The molecular weight excluding hydrogens is 312 g/mol. The Labute approximate surface area is 148 Å². The van der Waals surface area contributed by atoms with E-state index < -0.39 is 0 Å². The molecule has 5 heteroatoms. The first-order valence-corrected chi connectivity index (χ1v) is 8.34. The molecule has 2 aromatic rings. The van der Waals surface area contributed by atoms with Crippen LogP contribution in [0.1, 0.15) is 38.8 Å². The van der Waals surface area contributed by atoms with Gasteiger partial charge in [0.25, 0.3) is 0 Å². The molecule has 0 aliphatic heterocycles. The van der Waals surface area contributed by atoms with Crippen molar-refractivity contribution in [1.29, 1.82) is 0 Å². The van der Waals surface area contributed by atoms with Crippen LogP contribution in [0.2, 0.25) is 0 Å². The van der Waals surface area contributed by atoms with Crippen LogP contribution in [0.25, 0.3) is 0 Å². The van der Waals surface area contributed by atoms with Crippen LogP contribution in [0.3, 0.4) is 0 Å². The van der Waals surface area contributed by atoms with Gasteiger partial charge < -0.3 is 0 Å². The topological polar surface area (TPSA) is 66.2 Å². The van der Waals surface area contributed by atoms with Gasteiger partial charge in [0.15, 0.2) is 5.78 Å². The molecule has 0 spiro atoms. The second-order valence-electron chi connectivity index (χ2n) is 6.21. The number of hydrazone groups is 1. The van der Waals surface area contributed by atoms with E-state index in [1.165, 1.54) is 18.1 Å². The summed E-state index contributed by atoms with van der Waals surface area (Å²) in [5.41, 5.74) is 7.50. The van der Waals surface area contributed by atoms with Crippen molar-refractivity contribution in [2.45, 2.75) is 40.2 Å². The minimum Gasteiger partial charge on any atom is -0.293 e. The number of nitrogens with zero attached hydrogens (tertiary/aromatic N) is 3. The van der Waals surface area contributed by atoms with Crippen LogP contribution in [-0.2, 0) is 11.2 Å². The summed E-state index contributed by atoms with van der Waals surface area (Å²) in [4.78, 5) is 11.1. The molecule has 0 amide bonds. The Bertz CT molecular complexity index is 759. The van der Waals surface area contributed by atoms with Crippen molar-refractivity contribution in [1.82, 2.24) is 0 Å². The Morgan fingerprint density at radius 1 is 0.960 bits per heavy atom. The molecule has 2 aromatic carbocycles. The minimum atomic E-state index is -0.0412. The van der Waals surface area contributed by atoms with Gasteiger partial charge in [0.2, 0.25) is 0 Å². The monoisotopic (exact) mass is 336 g/mol. The highest BCUT2D eigenvalue weighted by Gasteiger charge is 2.00. The maximum absolute atomic E-state index is 11.1. The molecule has 0 heterocycles. The molecule has 1 N–H and O–H groups in total. The zero-order valence-corrected chi connectivity index (χ0v) is 15.2. The molecule has 0 saturated carbocycles. The standard InChI is InChI=1S/C20H24N4O/c1-14(2)21-23-19-9-5-17(6-10-19)13-18-7-11-20(12-8-18)24-22-15(3)16(4)25/h5-12,14,24H,13H2,1-4H3/b22-15-,23-21?. The average molecular weight is 336 g/mol. The molecule has 0 fully saturated rings. The molecule has 130 valence electrons. The van der Waals surface area contributed by atoms with Crippen LogP contribution in [0.15, 0.2) is 63.9 Å². The number of carbonyl (C=O) groups excluding carboxylic acids is 1. The van der Waals surface area contributed by atoms with Crippen molar-refractivity contribution >= 4 is 22.9 Å². The number of azo groups is 1. The molecule has 0 aromatic heterocycles. The van der Waals surface area contributed by atoms with E-state index in [0.717, 1.165) is 17.8 Å². The lowest BCUT2D eigenvalue weighted by atomic mass is 10.0. The smallest absolute Gasteiger partial charge is 0.175 e. The van der Waals surface area contributed by atoms with Crippen LogP contribution >= 0.6 is 0 Å². The van der Waals surface area contributed by atoms with Crippen molar-refractivity contribution in [3.8, 4) is 0 Å². The second kappa shape index (κ2) is 8.87. The fourth-order valence-corrected chi connectivity index (χ4v) is 2.02. The van der Waals surface area contributed by atoms with Gasteiger partial charge in [-0.1, -0.05) is 24.3 Å². The largest absolute Gasteiger partial charge is 0.293 e. The van der Waals surface area contributed by atoms with E-state index in [1.54, 1.807) is 6.92 Å². The third kappa shape index (κ3) is 6.30. The first kappa shape index (κ1) is 18.5. The summed E-state index contributed by atoms with van der Waals surface area (Å²) in [5, 5.41) is 12.4. The van der Waals surface area contributed by atoms with Gasteiger partial charge in [-0.05, 0) is 62.6 Å². The van der Waals surface area contributed by atoms with E-state index in [0.29, 0.717) is 5.71 Å². The van der Waals surface area contributed by atoms with Gasteiger partial charge in [0.1, 0.15) is 5.71 Å². The summed E-state index contributed by atoms with van der Waals surface area (Å²) in [7, 11) is 0. The summed E-state index contributed by atoms with van der Waals surface area (Å²) in [6.45, 7) is 7.19. The highest BCUT2D eigenvalue weighted by Crippen LogP contribution is 2.18. The van der Waals surface area contributed by atoms with Crippen molar-refractivity contribution in [2.75, 3.05) is 5.43 Å². The fraction of sp³-hybridized carbons (Fsp3) is 0.300. The number of rotatable bonds is 7. The van der Waals surface area contributed by atoms with E-state index in [1.807, 2.05) is 50.2 Å². The van der Waals surface area contributed by atoms with Crippen molar-refractivity contribution in [2.24, 2.45) is 15.3 Å². The summed E-state index contributed by atoms with van der Waals surface area (Å²) in [6.07, 6.45) is 0.845. The third-order valence-corrected chi connectivity index (χ3v) is 3.56. The van der Waals surface area contributed by atoms with E-state index in [2.05, 4.69) is 32.9 Å². The first-order valence-electron chi connectivity index (χ1n) is 8.34. The number of nitrogens with one attached hydrogen (secondary N) is 1. The third-order valence-electron chi connectivity index (χ3n) is 3.56. The maximum Gasteiger partial charge on any atom is 0.175 e. The Balaban J connectivity index is 1.97. The van der Waals surface area contributed by atoms with Gasteiger partial charge in [0, 0.05) is 6.92 Å². The van der Waals surface area contributed by atoms with Gasteiger partial charge in [-0.25, -0.2) is 0 Å². The molecule has 2 rings (SSSR count). The molecule has 0 atom stereocenters. The zero-order chi connectivity index (χ0) is 18.2. The first-order chi connectivity index (χ1) is 11.9. The lowest BCUT2D eigenvalue weighted by Crippen LogP contribution is -2.07. The number of anilines is 1. The number of carbonyl (C=O) groups is 1. The quantitative estimate of drug-likeness (QED) is 0.432. The average Bonchev–Trinajstić information content (AvgIpc) is 2.60. The molecule has 0 saturated heterocycles. The Hall–Kier alpha value is -2.82. The normalized spacial score (nSPS) is 12.0. The van der Waals surface area contributed by atoms with Crippen LogP contribution in [0, 0.1) is 0 Å². The Kier molecular flexibility index (Phi) is 6.57. The van der Waals surface area contributed by atoms with E-state index in [9.17, 15) is 4.79 Å². The molecule has 5 nitrogen and oxygen atoms in total. The molecular formula is C20H24N4O. The van der Waals surface area contributed by atoms with Crippen LogP contribution in [0.5, 0.6) is 0 Å². The molecule has 25 heavy (non-hydrogen) atoms. The van der Waals surface area contributed by atoms with E-state index >= 15 is 0 Å². The lowest BCUT2D eigenvalue weighted by Gasteiger charge is -2.05. The summed E-state index contributed by atoms with van der Waals surface area (Å²) in [6, 6.07) is 16.3. The van der Waals surface area contributed by atoms with Gasteiger partial charge in [-0.3, -0.25) is 10.2 Å². The van der Waals surface area contributed by atoms with Crippen LogP contribution in [0.4, 0.5) is 11.4 Å². The van der Waals surface area contributed by atoms with Crippen molar-refractivity contribution < 1.29 is 4.79 Å². The molecule has 0 bridgehead atoms. The van der Waals surface area contributed by atoms with Gasteiger partial charge in [-0.15, -0.1) is 0 Å². The van der Waals surface area contributed by atoms with Gasteiger partial charge in [0.05, 0.1) is 17.4 Å². The van der Waals surface area contributed by atoms with E-state index in [-0.39, 0.29) is 11.8 Å². The van der Waals surface area contributed by atoms with Crippen molar-refractivity contribution in [3.05, 3.63) is 59.7 Å². The summed E-state index contributed by atoms with van der Waals surface area (Å²) in [5.74, 6) is -0.0412. The van der Waals surface area contributed by atoms with Gasteiger partial charge in [-0.2, -0.15) is 15.3 Å². The number of hydrogen-bond acceptors (Lipinski definition) is 5.